The van der Waals surface area contributed by atoms with Gasteiger partial charge < -0.3 is 15.1 Å². The van der Waals surface area contributed by atoms with Crippen molar-refractivity contribution in [3.63, 3.8) is 0 Å². The molecule has 104 valence electrons. The highest BCUT2D eigenvalue weighted by atomic mass is 32.1. The first kappa shape index (κ1) is 14.2. The Kier molecular flexibility index (Phi) is 3.85. The molecule has 0 saturated carbocycles. The Morgan fingerprint density at radius 1 is 1.35 bits per heavy atom. The van der Waals surface area contributed by atoms with Crippen LogP contribution in [0.25, 0.3) is 0 Å². The molecule has 1 aromatic carbocycles. The van der Waals surface area contributed by atoms with Gasteiger partial charge in [-0.1, -0.05) is 24.4 Å². The topological polar surface area (TPSA) is 72.4 Å². The Balaban J connectivity index is 2.41. The van der Waals surface area contributed by atoms with Gasteiger partial charge in [0, 0.05) is 19.5 Å². The molecule has 0 saturated heterocycles. The minimum Gasteiger partial charge on any atom is -0.436 e. The van der Waals surface area contributed by atoms with E-state index in [1.165, 1.54) is 4.90 Å². The summed E-state index contributed by atoms with van der Waals surface area (Å²) in [6.45, 7) is 3.43. The van der Waals surface area contributed by atoms with Gasteiger partial charge in [-0.2, -0.15) is 0 Å². The van der Waals surface area contributed by atoms with Gasteiger partial charge in [0.1, 0.15) is 4.99 Å². The molecule has 0 unspecified atom stereocenters. The van der Waals surface area contributed by atoms with E-state index in [1.807, 2.05) is 12.1 Å². The van der Waals surface area contributed by atoms with Crippen LogP contribution in [-0.2, 0) is 0 Å². The van der Waals surface area contributed by atoms with Crippen LogP contribution >= 0.6 is 12.2 Å². The zero-order valence-electron chi connectivity index (χ0n) is 11.5. The molecule has 0 aliphatic heterocycles. The van der Waals surface area contributed by atoms with E-state index in [2.05, 4.69) is 4.98 Å². The molecule has 20 heavy (non-hydrogen) atoms. The Labute approximate surface area is 122 Å². The van der Waals surface area contributed by atoms with Crippen molar-refractivity contribution in [1.82, 2.24) is 4.98 Å². The first-order valence-electron chi connectivity index (χ1n) is 6.02. The van der Waals surface area contributed by atoms with Crippen molar-refractivity contribution in [2.24, 2.45) is 5.73 Å². The van der Waals surface area contributed by atoms with Gasteiger partial charge in [-0.15, -0.1) is 0 Å². The van der Waals surface area contributed by atoms with E-state index >= 15 is 0 Å². The van der Waals surface area contributed by atoms with E-state index in [0.29, 0.717) is 22.8 Å². The molecular weight excluding hydrogens is 274 g/mol. The summed E-state index contributed by atoms with van der Waals surface area (Å²) in [5, 5.41) is 0. The summed E-state index contributed by atoms with van der Waals surface area (Å²) < 4.78 is 5.35. The number of amides is 1. The van der Waals surface area contributed by atoms with E-state index in [1.54, 1.807) is 33.0 Å². The fourth-order valence-corrected chi connectivity index (χ4v) is 2.14. The Morgan fingerprint density at radius 2 is 2.00 bits per heavy atom. The number of rotatable bonds is 3. The van der Waals surface area contributed by atoms with Crippen molar-refractivity contribution in [3.8, 4) is 0 Å². The Hall–Kier alpha value is -2.21. The van der Waals surface area contributed by atoms with Gasteiger partial charge in [-0.25, -0.2) is 4.98 Å². The highest BCUT2D eigenvalue weighted by Crippen LogP contribution is 2.22. The number of carbonyl (C=O) groups excluding carboxylic acids is 1. The molecule has 2 rings (SSSR count). The smallest absolute Gasteiger partial charge is 0.295 e. The van der Waals surface area contributed by atoms with Gasteiger partial charge in [0.25, 0.3) is 5.91 Å². The lowest BCUT2D eigenvalue weighted by Gasteiger charge is -2.19. The third-order valence-corrected chi connectivity index (χ3v) is 3.15. The summed E-state index contributed by atoms with van der Waals surface area (Å²) in [6.07, 6.45) is 0. The number of nitrogens with two attached hydrogens (primary N) is 1. The molecule has 0 aliphatic carbocycles. The SMILES string of the molecule is Cc1nc(C)c(C(=O)N(C)c2ccccc2C(N)=S)o1. The molecule has 0 atom stereocenters. The highest BCUT2D eigenvalue weighted by molar-refractivity contribution is 7.80. The second-order valence-corrected chi connectivity index (χ2v) is 4.83. The van der Waals surface area contributed by atoms with Crippen molar-refractivity contribution in [3.05, 3.63) is 47.2 Å². The molecule has 2 aromatic rings. The van der Waals surface area contributed by atoms with E-state index in [-0.39, 0.29) is 16.7 Å². The van der Waals surface area contributed by atoms with E-state index in [9.17, 15) is 4.79 Å². The van der Waals surface area contributed by atoms with Crippen LogP contribution in [0.3, 0.4) is 0 Å². The second-order valence-electron chi connectivity index (χ2n) is 4.39. The number of thiocarbonyl (C=S) groups is 1. The number of oxazole rings is 1. The van der Waals surface area contributed by atoms with Crippen molar-refractivity contribution in [2.75, 3.05) is 11.9 Å². The number of hydrogen-bond acceptors (Lipinski definition) is 4. The number of hydrogen-bond donors (Lipinski definition) is 1. The Morgan fingerprint density at radius 3 is 2.55 bits per heavy atom. The molecule has 1 amide bonds. The predicted molar refractivity (Wildman–Crippen MR) is 81.0 cm³/mol. The fourth-order valence-electron chi connectivity index (χ4n) is 1.97. The number of carbonyl (C=O) groups is 1. The van der Waals surface area contributed by atoms with Crippen molar-refractivity contribution < 1.29 is 9.21 Å². The third-order valence-electron chi connectivity index (χ3n) is 2.93. The van der Waals surface area contributed by atoms with Crippen LogP contribution in [0.1, 0.15) is 27.7 Å². The van der Waals surface area contributed by atoms with Gasteiger partial charge in [-0.3, -0.25) is 4.79 Å². The second kappa shape index (κ2) is 5.42. The molecule has 1 heterocycles. The van der Waals surface area contributed by atoms with Crippen LogP contribution in [0, 0.1) is 13.8 Å². The van der Waals surface area contributed by atoms with Crippen LogP contribution in [0.5, 0.6) is 0 Å². The molecule has 0 bridgehead atoms. The summed E-state index contributed by atoms with van der Waals surface area (Å²) in [7, 11) is 1.65. The average molecular weight is 289 g/mol. The van der Waals surface area contributed by atoms with Crippen LogP contribution in [-0.4, -0.2) is 22.9 Å². The monoisotopic (exact) mass is 289 g/mol. The minimum absolute atomic E-state index is 0.225. The van der Waals surface area contributed by atoms with Crippen LogP contribution < -0.4 is 10.6 Å². The van der Waals surface area contributed by atoms with Gasteiger partial charge in [-0.05, 0) is 19.1 Å². The first-order valence-corrected chi connectivity index (χ1v) is 6.43. The summed E-state index contributed by atoms with van der Waals surface area (Å²) in [4.78, 5) is 18.3. The number of benzene rings is 1. The van der Waals surface area contributed by atoms with E-state index < -0.39 is 0 Å². The fraction of sp³-hybridized carbons (Fsp3) is 0.214. The van der Waals surface area contributed by atoms with Crippen molar-refractivity contribution in [1.29, 1.82) is 0 Å². The minimum atomic E-state index is -0.285. The van der Waals surface area contributed by atoms with Gasteiger partial charge in [0.2, 0.25) is 5.76 Å². The zero-order valence-corrected chi connectivity index (χ0v) is 12.3. The molecular formula is C14H15N3O2S. The van der Waals surface area contributed by atoms with Crippen molar-refractivity contribution >= 4 is 28.8 Å². The molecule has 0 radical (unpaired) electrons. The number of nitrogens with zero attached hydrogens (tertiary/aromatic N) is 2. The standard InChI is InChI=1S/C14H15N3O2S/c1-8-12(19-9(2)16-8)14(18)17(3)11-7-5-4-6-10(11)13(15)20/h4-7H,1-3H3,(H2,15,20). The lowest BCUT2D eigenvalue weighted by molar-refractivity contribution is 0.0964. The Bertz CT molecular complexity index is 679. The van der Waals surface area contributed by atoms with Crippen LogP contribution in [0.2, 0.25) is 0 Å². The maximum absolute atomic E-state index is 12.5. The molecule has 6 heteroatoms. The normalized spacial score (nSPS) is 10.3. The molecule has 0 fully saturated rings. The number of aryl methyl sites for hydroxylation is 2. The lowest BCUT2D eigenvalue weighted by Crippen LogP contribution is -2.29. The maximum atomic E-state index is 12.5. The van der Waals surface area contributed by atoms with Gasteiger partial charge in [0.15, 0.2) is 5.89 Å². The molecule has 5 nitrogen and oxygen atoms in total. The largest absolute Gasteiger partial charge is 0.436 e. The summed E-state index contributed by atoms with van der Waals surface area (Å²) in [5.74, 6) is 0.399. The number of aromatic nitrogens is 1. The predicted octanol–water partition coefficient (Wildman–Crippen LogP) is 2.20. The van der Waals surface area contributed by atoms with Crippen molar-refractivity contribution in [2.45, 2.75) is 13.8 Å². The number of para-hydroxylation sites is 1. The van der Waals surface area contributed by atoms with Gasteiger partial charge >= 0.3 is 0 Å². The molecule has 0 aliphatic rings. The number of anilines is 1. The van der Waals surface area contributed by atoms with Crippen LogP contribution in [0.15, 0.2) is 28.7 Å². The average Bonchev–Trinajstić information content (AvgIpc) is 2.76. The lowest BCUT2D eigenvalue weighted by atomic mass is 10.1. The van der Waals surface area contributed by atoms with Gasteiger partial charge in [0.05, 0.1) is 11.4 Å². The van der Waals surface area contributed by atoms with E-state index in [0.717, 1.165) is 0 Å². The summed E-state index contributed by atoms with van der Waals surface area (Å²) in [6, 6.07) is 7.20. The zero-order chi connectivity index (χ0) is 14.9. The maximum Gasteiger partial charge on any atom is 0.295 e. The third kappa shape index (κ3) is 2.55. The molecule has 0 spiro atoms. The summed E-state index contributed by atoms with van der Waals surface area (Å²) >= 11 is 5.01. The van der Waals surface area contributed by atoms with E-state index in [4.69, 9.17) is 22.4 Å². The van der Waals surface area contributed by atoms with Crippen LogP contribution in [0.4, 0.5) is 5.69 Å². The first-order chi connectivity index (χ1) is 9.41. The molecule has 1 aromatic heterocycles. The molecule has 2 N–H and O–H groups in total. The summed E-state index contributed by atoms with van der Waals surface area (Å²) in [5.41, 5.74) is 7.53. The highest BCUT2D eigenvalue weighted by Gasteiger charge is 2.22. The quantitative estimate of drug-likeness (QED) is 0.877.